The van der Waals surface area contributed by atoms with Gasteiger partial charge in [0.05, 0.1) is 0 Å². The summed E-state index contributed by atoms with van der Waals surface area (Å²) in [5.74, 6) is -1.64. The van der Waals surface area contributed by atoms with Crippen LogP contribution in [0.3, 0.4) is 0 Å². The number of hydrogen-bond acceptors (Lipinski definition) is 3. The van der Waals surface area contributed by atoms with Crippen molar-refractivity contribution < 1.29 is 19.5 Å². The molecule has 1 N–H and O–H groups in total. The lowest BCUT2D eigenvalue weighted by Gasteiger charge is -2.20. The lowest BCUT2D eigenvalue weighted by atomic mass is 10.0. The van der Waals surface area contributed by atoms with E-state index in [0.29, 0.717) is 6.42 Å². The highest BCUT2D eigenvalue weighted by Crippen LogP contribution is 2.21. The average Bonchev–Trinajstić information content (AvgIpc) is 2.43. The lowest BCUT2D eigenvalue weighted by molar-refractivity contribution is -0.143. The van der Waals surface area contributed by atoms with Gasteiger partial charge in [-0.25, -0.2) is 0 Å². The zero-order valence-corrected chi connectivity index (χ0v) is 9.60. The molecule has 0 aromatic rings. The van der Waals surface area contributed by atoms with Gasteiger partial charge in [0.15, 0.2) is 0 Å². The number of aliphatic carboxylic acids is 1. The van der Waals surface area contributed by atoms with Crippen LogP contribution in [-0.2, 0) is 14.4 Å². The SMILES string of the molecule is CCC(CC(=O)O)CN1C(=O)CC(C)C1=O. The molecule has 0 bridgehead atoms. The van der Waals surface area contributed by atoms with Crippen molar-refractivity contribution >= 4 is 17.8 Å². The van der Waals surface area contributed by atoms with Gasteiger partial charge >= 0.3 is 5.97 Å². The molecule has 0 aliphatic carbocycles. The Kier molecular flexibility index (Phi) is 4.04. The second-order valence-corrected chi connectivity index (χ2v) is 4.32. The van der Waals surface area contributed by atoms with Crippen molar-refractivity contribution in [2.24, 2.45) is 11.8 Å². The number of imide groups is 1. The molecule has 90 valence electrons. The third kappa shape index (κ3) is 2.81. The van der Waals surface area contributed by atoms with Crippen LogP contribution in [0, 0.1) is 11.8 Å². The summed E-state index contributed by atoms with van der Waals surface area (Å²) in [5, 5.41) is 8.68. The molecular weight excluding hydrogens is 210 g/mol. The van der Waals surface area contributed by atoms with Crippen molar-refractivity contribution in [2.75, 3.05) is 6.54 Å². The quantitative estimate of drug-likeness (QED) is 0.707. The number of rotatable bonds is 5. The number of nitrogens with zero attached hydrogens (tertiary/aromatic N) is 1. The van der Waals surface area contributed by atoms with Crippen LogP contribution in [0.2, 0.25) is 0 Å². The molecule has 0 radical (unpaired) electrons. The normalized spacial score (nSPS) is 22.6. The van der Waals surface area contributed by atoms with Gasteiger partial charge in [-0.2, -0.15) is 0 Å². The molecule has 2 amide bonds. The molecule has 0 aromatic carbocycles. The molecule has 2 atom stereocenters. The number of carbonyl (C=O) groups excluding carboxylic acids is 2. The molecule has 1 aliphatic rings. The summed E-state index contributed by atoms with van der Waals surface area (Å²) in [5.41, 5.74) is 0. The van der Waals surface area contributed by atoms with E-state index in [2.05, 4.69) is 0 Å². The summed E-state index contributed by atoms with van der Waals surface area (Å²) >= 11 is 0. The monoisotopic (exact) mass is 227 g/mol. The molecule has 1 saturated heterocycles. The van der Waals surface area contributed by atoms with E-state index < -0.39 is 5.97 Å². The minimum Gasteiger partial charge on any atom is -0.481 e. The number of carboxylic acids is 1. The minimum atomic E-state index is -0.890. The van der Waals surface area contributed by atoms with Gasteiger partial charge in [-0.1, -0.05) is 20.3 Å². The van der Waals surface area contributed by atoms with E-state index >= 15 is 0 Å². The third-order valence-electron chi connectivity index (χ3n) is 2.95. The summed E-state index contributed by atoms with van der Waals surface area (Å²) in [6, 6.07) is 0. The van der Waals surface area contributed by atoms with Gasteiger partial charge in [0.25, 0.3) is 0 Å². The predicted octanol–water partition coefficient (Wildman–Crippen LogP) is 0.882. The molecule has 2 unspecified atom stereocenters. The van der Waals surface area contributed by atoms with Crippen LogP contribution in [0.5, 0.6) is 0 Å². The first-order valence-corrected chi connectivity index (χ1v) is 5.51. The molecule has 1 aliphatic heterocycles. The standard InChI is InChI=1S/C11H17NO4/c1-3-8(5-10(14)15)6-12-9(13)4-7(2)11(12)16/h7-8H,3-6H2,1-2H3,(H,14,15). The summed E-state index contributed by atoms with van der Waals surface area (Å²) in [6.45, 7) is 3.82. The molecule has 0 saturated carbocycles. The average molecular weight is 227 g/mol. The third-order valence-corrected chi connectivity index (χ3v) is 2.95. The largest absolute Gasteiger partial charge is 0.481 e. The molecule has 5 heteroatoms. The molecule has 0 aromatic heterocycles. The molecule has 1 rings (SSSR count). The van der Waals surface area contributed by atoms with Crippen LogP contribution in [0.25, 0.3) is 0 Å². The Labute approximate surface area is 94.4 Å². The second kappa shape index (κ2) is 5.09. The van der Waals surface area contributed by atoms with Gasteiger partial charge < -0.3 is 5.11 Å². The Hall–Kier alpha value is -1.39. The predicted molar refractivity (Wildman–Crippen MR) is 56.5 cm³/mol. The highest BCUT2D eigenvalue weighted by atomic mass is 16.4. The van der Waals surface area contributed by atoms with Crippen LogP contribution in [-0.4, -0.2) is 34.3 Å². The fourth-order valence-electron chi connectivity index (χ4n) is 1.88. The number of amides is 2. The van der Waals surface area contributed by atoms with E-state index in [0.717, 1.165) is 0 Å². The van der Waals surface area contributed by atoms with E-state index in [4.69, 9.17) is 5.11 Å². The molecule has 16 heavy (non-hydrogen) atoms. The first-order chi connectivity index (χ1) is 7.45. The lowest BCUT2D eigenvalue weighted by Crippen LogP contribution is -2.35. The highest BCUT2D eigenvalue weighted by molar-refractivity contribution is 6.03. The molecule has 1 fully saturated rings. The van der Waals surface area contributed by atoms with Gasteiger partial charge in [-0.3, -0.25) is 19.3 Å². The van der Waals surface area contributed by atoms with Crippen molar-refractivity contribution in [1.82, 2.24) is 4.90 Å². The summed E-state index contributed by atoms with van der Waals surface area (Å²) in [4.78, 5) is 34.9. The van der Waals surface area contributed by atoms with Crippen molar-refractivity contribution in [1.29, 1.82) is 0 Å². The summed E-state index contributed by atoms with van der Waals surface area (Å²) < 4.78 is 0. The van der Waals surface area contributed by atoms with Crippen LogP contribution < -0.4 is 0 Å². The number of hydrogen-bond donors (Lipinski definition) is 1. The summed E-state index contributed by atoms with van der Waals surface area (Å²) in [7, 11) is 0. The van der Waals surface area contributed by atoms with Gasteiger partial charge in [0.2, 0.25) is 11.8 Å². The molecule has 5 nitrogen and oxygen atoms in total. The Bertz CT molecular complexity index is 313. The first kappa shape index (κ1) is 12.7. The Balaban J connectivity index is 2.61. The van der Waals surface area contributed by atoms with Crippen LogP contribution in [0.4, 0.5) is 0 Å². The molecule has 1 heterocycles. The second-order valence-electron chi connectivity index (χ2n) is 4.32. The van der Waals surface area contributed by atoms with Crippen LogP contribution >= 0.6 is 0 Å². The maximum atomic E-state index is 11.6. The topological polar surface area (TPSA) is 74.7 Å². The van der Waals surface area contributed by atoms with Crippen molar-refractivity contribution in [2.45, 2.75) is 33.1 Å². The van der Waals surface area contributed by atoms with E-state index in [1.54, 1.807) is 6.92 Å². The minimum absolute atomic E-state index is 0.00193. The van der Waals surface area contributed by atoms with Gasteiger partial charge in [-0.15, -0.1) is 0 Å². The van der Waals surface area contributed by atoms with Crippen LogP contribution in [0.1, 0.15) is 33.1 Å². The molecular formula is C11H17NO4. The zero-order chi connectivity index (χ0) is 12.3. The van der Waals surface area contributed by atoms with Crippen LogP contribution in [0.15, 0.2) is 0 Å². The maximum Gasteiger partial charge on any atom is 0.303 e. The summed E-state index contributed by atoms with van der Waals surface area (Å²) in [6.07, 6.45) is 0.905. The van der Waals surface area contributed by atoms with E-state index in [-0.39, 0.29) is 43.0 Å². The first-order valence-electron chi connectivity index (χ1n) is 5.51. The zero-order valence-electron chi connectivity index (χ0n) is 9.60. The number of likely N-dealkylation sites (tertiary alicyclic amines) is 1. The fourth-order valence-corrected chi connectivity index (χ4v) is 1.88. The van der Waals surface area contributed by atoms with Crippen molar-refractivity contribution in [3.8, 4) is 0 Å². The van der Waals surface area contributed by atoms with E-state index in [1.807, 2.05) is 6.92 Å². The number of carbonyl (C=O) groups is 3. The molecule has 0 spiro atoms. The van der Waals surface area contributed by atoms with E-state index in [1.165, 1.54) is 4.90 Å². The van der Waals surface area contributed by atoms with Gasteiger partial charge in [0, 0.05) is 25.3 Å². The van der Waals surface area contributed by atoms with Crippen molar-refractivity contribution in [3.05, 3.63) is 0 Å². The maximum absolute atomic E-state index is 11.6. The Morgan fingerprint density at radius 1 is 1.56 bits per heavy atom. The van der Waals surface area contributed by atoms with E-state index in [9.17, 15) is 14.4 Å². The van der Waals surface area contributed by atoms with Gasteiger partial charge in [0.1, 0.15) is 0 Å². The number of carboxylic acid groups (broad SMARTS) is 1. The highest BCUT2D eigenvalue weighted by Gasteiger charge is 2.36. The van der Waals surface area contributed by atoms with Gasteiger partial charge in [-0.05, 0) is 5.92 Å². The Morgan fingerprint density at radius 2 is 2.19 bits per heavy atom. The smallest absolute Gasteiger partial charge is 0.303 e. The fraction of sp³-hybridized carbons (Fsp3) is 0.727. The van der Waals surface area contributed by atoms with Crippen molar-refractivity contribution in [3.63, 3.8) is 0 Å². The Morgan fingerprint density at radius 3 is 2.56 bits per heavy atom.